The van der Waals surface area contributed by atoms with Crippen molar-refractivity contribution in [2.45, 2.75) is 20.4 Å². The Kier molecular flexibility index (Phi) is 5.45. The van der Waals surface area contributed by atoms with Crippen molar-refractivity contribution in [2.75, 3.05) is 14.2 Å². The summed E-state index contributed by atoms with van der Waals surface area (Å²) in [5, 5.41) is 2.97. The molecule has 140 valence electrons. The highest BCUT2D eigenvalue weighted by molar-refractivity contribution is 5.95. The first-order valence-electron chi connectivity index (χ1n) is 8.64. The van der Waals surface area contributed by atoms with Gasteiger partial charge in [-0.25, -0.2) is 4.98 Å². The van der Waals surface area contributed by atoms with Gasteiger partial charge in [-0.2, -0.15) is 0 Å². The van der Waals surface area contributed by atoms with E-state index in [2.05, 4.69) is 10.3 Å². The van der Waals surface area contributed by atoms with E-state index in [9.17, 15) is 4.79 Å². The third-order valence-corrected chi connectivity index (χ3v) is 4.48. The van der Waals surface area contributed by atoms with E-state index in [0.717, 1.165) is 22.8 Å². The first kappa shape index (κ1) is 18.5. The molecule has 1 N–H and O–H groups in total. The molecule has 0 saturated heterocycles. The van der Waals surface area contributed by atoms with E-state index >= 15 is 0 Å². The van der Waals surface area contributed by atoms with Gasteiger partial charge in [0.05, 0.1) is 19.8 Å². The fourth-order valence-corrected chi connectivity index (χ4v) is 3.12. The number of amides is 1. The van der Waals surface area contributed by atoms with Gasteiger partial charge in [-0.15, -0.1) is 0 Å². The van der Waals surface area contributed by atoms with Crippen molar-refractivity contribution in [3.8, 4) is 17.3 Å². The number of carbonyl (C=O) groups is 1. The van der Waals surface area contributed by atoms with Gasteiger partial charge >= 0.3 is 0 Å². The van der Waals surface area contributed by atoms with Crippen LogP contribution in [-0.4, -0.2) is 29.7 Å². The quantitative estimate of drug-likeness (QED) is 0.727. The molecular formula is C21H23N3O3. The van der Waals surface area contributed by atoms with Crippen LogP contribution in [0.3, 0.4) is 0 Å². The summed E-state index contributed by atoms with van der Waals surface area (Å²) in [5.41, 5.74) is 3.28. The summed E-state index contributed by atoms with van der Waals surface area (Å²) >= 11 is 0. The highest BCUT2D eigenvalue weighted by Gasteiger charge is 2.17. The Morgan fingerprint density at radius 1 is 1.11 bits per heavy atom. The maximum absolute atomic E-state index is 12.8. The predicted octanol–water partition coefficient (Wildman–Crippen LogP) is 3.44. The number of hydrogen-bond donors (Lipinski definition) is 1. The molecule has 0 fully saturated rings. The Labute approximate surface area is 158 Å². The van der Waals surface area contributed by atoms with E-state index in [4.69, 9.17) is 9.47 Å². The Morgan fingerprint density at radius 2 is 1.93 bits per heavy atom. The van der Waals surface area contributed by atoms with Crippen molar-refractivity contribution >= 4 is 5.91 Å². The number of rotatable bonds is 6. The average molecular weight is 365 g/mol. The van der Waals surface area contributed by atoms with Gasteiger partial charge in [-0.05, 0) is 50.2 Å². The van der Waals surface area contributed by atoms with Crippen LogP contribution in [0.4, 0.5) is 0 Å². The number of nitrogens with zero attached hydrogens (tertiary/aromatic N) is 2. The molecule has 2 aromatic heterocycles. The molecule has 0 aliphatic heterocycles. The summed E-state index contributed by atoms with van der Waals surface area (Å²) in [6.07, 6.45) is 1.74. The van der Waals surface area contributed by atoms with Crippen LogP contribution < -0.4 is 14.8 Å². The van der Waals surface area contributed by atoms with E-state index in [1.807, 2.05) is 60.9 Å². The van der Waals surface area contributed by atoms with Crippen LogP contribution in [0.25, 0.3) is 5.82 Å². The van der Waals surface area contributed by atoms with E-state index in [1.165, 1.54) is 0 Å². The first-order valence-corrected chi connectivity index (χ1v) is 8.64. The van der Waals surface area contributed by atoms with Crippen LogP contribution in [0.2, 0.25) is 0 Å². The zero-order chi connectivity index (χ0) is 19.4. The smallest absolute Gasteiger partial charge is 0.253 e. The fourth-order valence-electron chi connectivity index (χ4n) is 3.12. The number of nitrogens with one attached hydrogen (secondary N) is 1. The molecule has 6 heteroatoms. The van der Waals surface area contributed by atoms with Gasteiger partial charge in [0.2, 0.25) is 0 Å². The molecule has 0 saturated carbocycles. The molecule has 0 bridgehead atoms. The van der Waals surface area contributed by atoms with Crippen LogP contribution in [0.5, 0.6) is 11.5 Å². The lowest BCUT2D eigenvalue weighted by atomic mass is 10.1. The van der Waals surface area contributed by atoms with Gasteiger partial charge in [0.25, 0.3) is 5.91 Å². The van der Waals surface area contributed by atoms with Gasteiger partial charge in [-0.1, -0.05) is 6.07 Å². The number of hydrogen-bond acceptors (Lipinski definition) is 4. The predicted molar refractivity (Wildman–Crippen MR) is 104 cm³/mol. The topological polar surface area (TPSA) is 65.4 Å². The van der Waals surface area contributed by atoms with Crippen molar-refractivity contribution in [2.24, 2.45) is 0 Å². The maximum Gasteiger partial charge on any atom is 0.253 e. The number of carbonyl (C=O) groups excluding carboxylic acids is 1. The second kappa shape index (κ2) is 7.95. The molecule has 1 amide bonds. The zero-order valence-electron chi connectivity index (χ0n) is 15.9. The fraction of sp³-hybridized carbons (Fsp3) is 0.238. The summed E-state index contributed by atoms with van der Waals surface area (Å²) in [5.74, 6) is 2.07. The Bertz CT molecular complexity index is 949. The SMILES string of the molecule is COc1ccc(OC)c(CNC(=O)c2cc(C)n(-c3ccccn3)c2C)c1. The molecule has 0 aliphatic rings. The van der Waals surface area contributed by atoms with E-state index in [0.29, 0.717) is 23.6 Å². The van der Waals surface area contributed by atoms with Gasteiger partial charge in [0, 0.05) is 29.7 Å². The average Bonchev–Trinajstić information content (AvgIpc) is 3.00. The van der Waals surface area contributed by atoms with Crippen LogP contribution >= 0.6 is 0 Å². The second-order valence-corrected chi connectivity index (χ2v) is 6.17. The number of benzene rings is 1. The Hall–Kier alpha value is -3.28. The van der Waals surface area contributed by atoms with Crippen LogP contribution in [0, 0.1) is 13.8 Å². The lowest BCUT2D eigenvalue weighted by Crippen LogP contribution is -2.23. The summed E-state index contributed by atoms with van der Waals surface area (Å²) in [6.45, 7) is 4.22. The van der Waals surface area contributed by atoms with E-state index < -0.39 is 0 Å². The molecule has 0 unspecified atom stereocenters. The van der Waals surface area contributed by atoms with Crippen molar-refractivity contribution < 1.29 is 14.3 Å². The standard InChI is InChI=1S/C21H23N3O3/c1-14-11-18(15(2)24(14)20-7-5-6-10-22-20)21(25)23-13-16-12-17(26-3)8-9-19(16)27-4/h5-12H,13H2,1-4H3,(H,23,25). The minimum atomic E-state index is -0.143. The van der Waals surface area contributed by atoms with Crippen LogP contribution in [0.1, 0.15) is 27.3 Å². The number of ether oxygens (including phenoxy) is 2. The van der Waals surface area contributed by atoms with Crippen molar-refractivity contribution in [1.82, 2.24) is 14.9 Å². The molecule has 0 atom stereocenters. The normalized spacial score (nSPS) is 10.5. The number of pyridine rings is 1. The van der Waals surface area contributed by atoms with Crippen molar-refractivity contribution in [3.63, 3.8) is 0 Å². The zero-order valence-corrected chi connectivity index (χ0v) is 15.9. The molecular weight excluding hydrogens is 342 g/mol. The molecule has 27 heavy (non-hydrogen) atoms. The van der Waals surface area contributed by atoms with E-state index in [1.54, 1.807) is 20.4 Å². The number of aromatic nitrogens is 2. The van der Waals surface area contributed by atoms with Crippen LogP contribution in [0.15, 0.2) is 48.7 Å². The molecule has 6 nitrogen and oxygen atoms in total. The molecule has 0 spiro atoms. The van der Waals surface area contributed by atoms with Gasteiger partial charge in [0.1, 0.15) is 17.3 Å². The molecule has 2 heterocycles. The largest absolute Gasteiger partial charge is 0.497 e. The Morgan fingerprint density at radius 3 is 2.59 bits per heavy atom. The van der Waals surface area contributed by atoms with Crippen molar-refractivity contribution in [1.29, 1.82) is 0 Å². The second-order valence-electron chi connectivity index (χ2n) is 6.17. The lowest BCUT2D eigenvalue weighted by molar-refractivity contribution is 0.0950. The minimum Gasteiger partial charge on any atom is -0.497 e. The Balaban J connectivity index is 1.82. The van der Waals surface area contributed by atoms with Gasteiger partial charge < -0.3 is 19.4 Å². The number of aryl methyl sites for hydroxylation is 1. The van der Waals surface area contributed by atoms with Gasteiger partial charge in [-0.3, -0.25) is 4.79 Å². The first-order chi connectivity index (χ1) is 13.0. The third-order valence-electron chi connectivity index (χ3n) is 4.48. The van der Waals surface area contributed by atoms with Crippen molar-refractivity contribution in [3.05, 3.63) is 71.2 Å². The molecule has 3 rings (SSSR count). The summed E-state index contributed by atoms with van der Waals surface area (Å²) in [6, 6.07) is 13.1. The molecule has 1 aromatic carbocycles. The molecule has 3 aromatic rings. The summed E-state index contributed by atoms with van der Waals surface area (Å²) in [4.78, 5) is 17.2. The number of methoxy groups -OCH3 is 2. The monoisotopic (exact) mass is 365 g/mol. The van der Waals surface area contributed by atoms with E-state index in [-0.39, 0.29) is 5.91 Å². The summed E-state index contributed by atoms with van der Waals surface area (Å²) < 4.78 is 12.6. The maximum atomic E-state index is 12.8. The highest BCUT2D eigenvalue weighted by atomic mass is 16.5. The summed E-state index contributed by atoms with van der Waals surface area (Å²) in [7, 11) is 3.21. The lowest BCUT2D eigenvalue weighted by Gasteiger charge is -2.12. The third kappa shape index (κ3) is 3.79. The van der Waals surface area contributed by atoms with Crippen LogP contribution in [-0.2, 0) is 6.54 Å². The van der Waals surface area contributed by atoms with Gasteiger partial charge in [0.15, 0.2) is 0 Å². The molecule has 0 aliphatic carbocycles. The minimum absolute atomic E-state index is 0.143. The highest BCUT2D eigenvalue weighted by Crippen LogP contribution is 2.24. The molecule has 0 radical (unpaired) electrons.